The van der Waals surface area contributed by atoms with Gasteiger partial charge in [-0.25, -0.2) is 0 Å². The summed E-state index contributed by atoms with van der Waals surface area (Å²) >= 11 is 0. The van der Waals surface area contributed by atoms with E-state index in [-0.39, 0.29) is 0 Å². The van der Waals surface area contributed by atoms with E-state index in [9.17, 15) is 0 Å². The minimum absolute atomic E-state index is 0.671. The minimum Gasteiger partial charge on any atom is -0.490 e. The van der Waals surface area contributed by atoms with E-state index < -0.39 is 0 Å². The molecule has 1 unspecified atom stereocenters. The quantitative estimate of drug-likeness (QED) is 0.662. The molecule has 1 atom stereocenters. The van der Waals surface area contributed by atoms with Gasteiger partial charge in [-0.1, -0.05) is 19.1 Å². The normalized spacial score (nSPS) is 15.9. The van der Waals surface area contributed by atoms with Crippen LogP contribution in [0.1, 0.15) is 39.5 Å². The van der Waals surface area contributed by atoms with Crippen LogP contribution in [0.3, 0.4) is 0 Å². The van der Waals surface area contributed by atoms with Gasteiger partial charge in [-0.3, -0.25) is 0 Å². The molecule has 3 nitrogen and oxygen atoms in total. The molecular formula is C17H27NO2. The second-order valence-electron chi connectivity index (χ2n) is 5.37. The third-order valence-corrected chi connectivity index (χ3v) is 3.72. The van der Waals surface area contributed by atoms with Crippen molar-refractivity contribution in [2.75, 3.05) is 19.8 Å². The number of benzene rings is 1. The van der Waals surface area contributed by atoms with Crippen LogP contribution in [0.25, 0.3) is 0 Å². The summed E-state index contributed by atoms with van der Waals surface area (Å²) in [6, 6.07) is 8.60. The Balaban J connectivity index is 1.72. The van der Waals surface area contributed by atoms with Crippen molar-refractivity contribution in [2.45, 2.75) is 45.6 Å². The first-order chi connectivity index (χ1) is 9.85. The minimum atomic E-state index is 0.671. The number of hydrogen-bond donors (Lipinski definition) is 1. The number of hydrogen-bond acceptors (Lipinski definition) is 3. The maximum Gasteiger partial charge on any atom is 0.161 e. The summed E-state index contributed by atoms with van der Waals surface area (Å²) in [4.78, 5) is 0. The van der Waals surface area contributed by atoms with Crippen LogP contribution in [0, 0.1) is 5.92 Å². The molecule has 0 radical (unpaired) electrons. The SMILES string of the molecule is CCNC(CCCOc1ccccc1OCC)C1CC1. The molecular weight excluding hydrogens is 250 g/mol. The second-order valence-corrected chi connectivity index (χ2v) is 5.37. The summed E-state index contributed by atoms with van der Waals surface area (Å²) in [6.07, 6.45) is 5.08. The zero-order valence-electron chi connectivity index (χ0n) is 12.7. The number of ether oxygens (including phenoxy) is 2. The van der Waals surface area contributed by atoms with Crippen LogP contribution in [0.2, 0.25) is 0 Å². The Kier molecular flexibility index (Phi) is 6.19. The molecule has 0 heterocycles. The van der Waals surface area contributed by atoms with E-state index in [1.807, 2.05) is 31.2 Å². The van der Waals surface area contributed by atoms with E-state index in [4.69, 9.17) is 9.47 Å². The maximum atomic E-state index is 5.87. The Morgan fingerprint density at radius 2 is 1.85 bits per heavy atom. The van der Waals surface area contributed by atoms with Gasteiger partial charge in [0.1, 0.15) is 0 Å². The fourth-order valence-electron chi connectivity index (χ4n) is 2.59. The highest BCUT2D eigenvalue weighted by Crippen LogP contribution is 2.34. The fraction of sp³-hybridized carbons (Fsp3) is 0.647. The highest BCUT2D eigenvalue weighted by atomic mass is 16.5. The van der Waals surface area contributed by atoms with E-state index in [0.717, 1.165) is 37.0 Å². The first-order valence-electron chi connectivity index (χ1n) is 7.93. The van der Waals surface area contributed by atoms with Crippen molar-refractivity contribution < 1.29 is 9.47 Å². The lowest BCUT2D eigenvalue weighted by atomic mass is 10.1. The first kappa shape index (κ1) is 15.2. The molecule has 0 bridgehead atoms. The topological polar surface area (TPSA) is 30.5 Å². The summed E-state index contributed by atoms with van der Waals surface area (Å²) in [6.45, 7) is 6.68. The average Bonchev–Trinajstić information content (AvgIpc) is 3.29. The first-order valence-corrected chi connectivity index (χ1v) is 7.93. The van der Waals surface area contributed by atoms with E-state index in [1.165, 1.54) is 19.3 Å². The highest BCUT2D eigenvalue weighted by molar-refractivity contribution is 5.39. The Labute approximate surface area is 122 Å². The van der Waals surface area contributed by atoms with Crippen LogP contribution < -0.4 is 14.8 Å². The van der Waals surface area contributed by atoms with Crippen molar-refractivity contribution >= 4 is 0 Å². The summed E-state index contributed by atoms with van der Waals surface area (Å²) < 4.78 is 11.4. The molecule has 0 aromatic heterocycles. The third kappa shape index (κ3) is 4.71. The molecule has 112 valence electrons. The second kappa shape index (κ2) is 8.15. The van der Waals surface area contributed by atoms with Crippen LogP contribution in [0.4, 0.5) is 0 Å². The molecule has 1 aliphatic rings. The van der Waals surface area contributed by atoms with Gasteiger partial charge in [0.15, 0.2) is 11.5 Å². The Morgan fingerprint density at radius 1 is 1.15 bits per heavy atom. The zero-order chi connectivity index (χ0) is 14.2. The van der Waals surface area contributed by atoms with Gasteiger partial charge in [0.2, 0.25) is 0 Å². The molecule has 1 aromatic carbocycles. The van der Waals surface area contributed by atoms with Gasteiger partial charge in [0, 0.05) is 6.04 Å². The van der Waals surface area contributed by atoms with Crippen LogP contribution in [0.5, 0.6) is 11.5 Å². The molecule has 0 spiro atoms. The largest absolute Gasteiger partial charge is 0.490 e. The molecule has 1 fully saturated rings. The Bertz CT molecular complexity index is 390. The molecule has 3 heteroatoms. The van der Waals surface area contributed by atoms with Crippen LogP contribution >= 0.6 is 0 Å². The molecule has 20 heavy (non-hydrogen) atoms. The van der Waals surface area contributed by atoms with Crippen LogP contribution in [-0.4, -0.2) is 25.8 Å². The van der Waals surface area contributed by atoms with Crippen molar-refractivity contribution in [3.8, 4) is 11.5 Å². The van der Waals surface area contributed by atoms with Crippen LogP contribution in [-0.2, 0) is 0 Å². The van der Waals surface area contributed by atoms with Gasteiger partial charge >= 0.3 is 0 Å². The highest BCUT2D eigenvalue weighted by Gasteiger charge is 2.29. The van der Waals surface area contributed by atoms with Gasteiger partial charge in [0.05, 0.1) is 13.2 Å². The van der Waals surface area contributed by atoms with Gasteiger partial charge in [-0.2, -0.15) is 0 Å². The molecule has 0 saturated heterocycles. The number of para-hydroxylation sites is 2. The zero-order valence-corrected chi connectivity index (χ0v) is 12.7. The van der Waals surface area contributed by atoms with E-state index in [2.05, 4.69) is 12.2 Å². The van der Waals surface area contributed by atoms with Crippen molar-refractivity contribution in [1.29, 1.82) is 0 Å². The van der Waals surface area contributed by atoms with Crippen molar-refractivity contribution in [3.63, 3.8) is 0 Å². The molecule has 1 aromatic rings. The van der Waals surface area contributed by atoms with Gasteiger partial charge < -0.3 is 14.8 Å². The standard InChI is InChI=1S/C17H27NO2/c1-3-18-15(14-11-12-14)8-7-13-20-17-10-6-5-9-16(17)19-4-2/h5-6,9-10,14-15,18H,3-4,7-8,11-13H2,1-2H3. The maximum absolute atomic E-state index is 5.87. The van der Waals surface area contributed by atoms with Crippen LogP contribution in [0.15, 0.2) is 24.3 Å². The van der Waals surface area contributed by atoms with Gasteiger partial charge in [0.25, 0.3) is 0 Å². The van der Waals surface area contributed by atoms with E-state index in [0.29, 0.717) is 12.6 Å². The molecule has 0 aliphatic heterocycles. The molecule has 1 saturated carbocycles. The lowest BCUT2D eigenvalue weighted by Gasteiger charge is -2.17. The molecule has 2 rings (SSSR count). The lowest BCUT2D eigenvalue weighted by Crippen LogP contribution is -2.31. The average molecular weight is 277 g/mol. The molecule has 1 aliphatic carbocycles. The molecule has 0 amide bonds. The van der Waals surface area contributed by atoms with Crippen molar-refractivity contribution in [2.24, 2.45) is 5.92 Å². The van der Waals surface area contributed by atoms with Crippen molar-refractivity contribution in [3.05, 3.63) is 24.3 Å². The fourth-order valence-corrected chi connectivity index (χ4v) is 2.59. The van der Waals surface area contributed by atoms with E-state index >= 15 is 0 Å². The summed E-state index contributed by atoms with van der Waals surface area (Å²) in [5.41, 5.74) is 0. The van der Waals surface area contributed by atoms with E-state index in [1.54, 1.807) is 0 Å². The lowest BCUT2D eigenvalue weighted by molar-refractivity contribution is 0.264. The number of rotatable bonds is 10. The monoisotopic (exact) mass is 277 g/mol. The van der Waals surface area contributed by atoms with Crippen molar-refractivity contribution in [1.82, 2.24) is 5.32 Å². The molecule has 1 N–H and O–H groups in total. The van der Waals surface area contributed by atoms with Gasteiger partial charge in [-0.05, 0) is 57.2 Å². The Morgan fingerprint density at radius 3 is 2.45 bits per heavy atom. The summed E-state index contributed by atoms with van der Waals surface area (Å²) in [7, 11) is 0. The third-order valence-electron chi connectivity index (χ3n) is 3.72. The summed E-state index contributed by atoms with van der Waals surface area (Å²) in [5, 5.41) is 3.59. The predicted molar refractivity (Wildman–Crippen MR) is 82.5 cm³/mol. The number of nitrogens with one attached hydrogen (secondary N) is 1. The van der Waals surface area contributed by atoms with Gasteiger partial charge in [-0.15, -0.1) is 0 Å². The predicted octanol–water partition coefficient (Wildman–Crippen LogP) is 3.63. The summed E-state index contributed by atoms with van der Waals surface area (Å²) in [5.74, 6) is 2.62. The Hall–Kier alpha value is -1.22. The smallest absolute Gasteiger partial charge is 0.161 e.